The van der Waals surface area contributed by atoms with Crippen LogP contribution in [0.2, 0.25) is 0 Å². The second-order valence-corrected chi connectivity index (χ2v) is 7.42. The molecule has 1 atom stereocenters. The van der Waals surface area contributed by atoms with Crippen molar-refractivity contribution in [2.24, 2.45) is 0 Å². The highest BCUT2D eigenvalue weighted by molar-refractivity contribution is 5.96. The molecule has 1 N–H and O–H groups in total. The molecule has 1 saturated heterocycles. The molecule has 5 nitrogen and oxygen atoms in total. The minimum Gasteiger partial charge on any atom is -0.467 e. The minimum atomic E-state index is -0.643. The van der Waals surface area contributed by atoms with E-state index in [1.165, 1.54) is 44.1 Å². The predicted octanol–water partition coefficient (Wildman–Crippen LogP) is 3.66. The molecule has 146 valence electrons. The van der Waals surface area contributed by atoms with Crippen molar-refractivity contribution in [2.45, 2.75) is 57.4 Å². The van der Waals surface area contributed by atoms with E-state index >= 15 is 0 Å². The average Bonchev–Trinajstić information content (AvgIpc) is 2.74. The highest BCUT2D eigenvalue weighted by atomic mass is 16.5. The second kappa shape index (κ2) is 9.58. The molecule has 0 radical (unpaired) electrons. The number of hydrogen-bond donors (Lipinski definition) is 1. The number of piperidine rings is 1. The summed E-state index contributed by atoms with van der Waals surface area (Å²) < 4.78 is 4.98. The number of methoxy groups -OCH3 is 1. The van der Waals surface area contributed by atoms with E-state index in [1.54, 1.807) is 12.1 Å². The average molecular weight is 370 g/mol. The van der Waals surface area contributed by atoms with Crippen molar-refractivity contribution in [2.75, 3.05) is 20.2 Å². The molecule has 1 aromatic carbocycles. The second-order valence-electron chi connectivity index (χ2n) is 7.42. The van der Waals surface area contributed by atoms with Gasteiger partial charge in [0.1, 0.15) is 6.04 Å². The van der Waals surface area contributed by atoms with Gasteiger partial charge in [0.15, 0.2) is 0 Å². The number of carbonyl (C=O) groups excluding carboxylic acids is 2. The quantitative estimate of drug-likeness (QED) is 0.777. The molecule has 0 unspecified atom stereocenters. The number of benzene rings is 1. The molecule has 5 heteroatoms. The SMILES string of the molecule is COC(=O)[C@H](CC1=C(N2CCCCC2)CCCC1)NC(=O)c1ccccc1. The normalized spacial score (nSPS) is 18.8. The van der Waals surface area contributed by atoms with Gasteiger partial charge in [0.25, 0.3) is 5.91 Å². The first-order valence-corrected chi connectivity index (χ1v) is 10.1. The van der Waals surface area contributed by atoms with Crippen molar-refractivity contribution in [1.29, 1.82) is 0 Å². The van der Waals surface area contributed by atoms with Gasteiger partial charge in [0.2, 0.25) is 0 Å². The number of allylic oxidation sites excluding steroid dienone is 1. The number of amides is 1. The first-order valence-electron chi connectivity index (χ1n) is 10.1. The topological polar surface area (TPSA) is 58.6 Å². The van der Waals surface area contributed by atoms with Gasteiger partial charge in [-0.25, -0.2) is 4.79 Å². The largest absolute Gasteiger partial charge is 0.467 e. The van der Waals surface area contributed by atoms with Crippen molar-refractivity contribution in [1.82, 2.24) is 10.2 Å². The zero-order valence-corrected chi connectivity index (χ0v) is 16.2. The fourth-order valence-electron chi connectivity index (χ4n) is 4.13. The van der Waals surface area contributed by atoms with Gasteiger partial charge in [0.05, 0.1) is 7.11 Å². The van der Waals surface area contributed by atoms with E-state index in [9.17, 15) is 9.59 Å². The molecule has 0 spiro atoms. The number of nitrogens with zero attached hydrogens (tertiary/aromatic N) is 1. The van der Waals surface area contributed by atoms with Crippen molar-refractivity contribution < 1.29 is 14.3 Å². The maximum Gasteiger partial charge on any atom is 0.328 e. The minimum absolute atomic E-state index is 0.234. The van der Waals surface area contributed by atoms with Crippen LogP contribution in [0.5, 0.6) is 0 Å². The monoisotopic (exact) mass is 370 g/mol. The zero-order chi connectivity index (χ0) is 19.1. The van der Waals surface area contributed by atoms with E-state index in [4.69, 9.17) is 4.74 Å². The summed E-state index contributed by atoms with van der Waals surface area (Å²) in [6.07, 6.45) is 8.75. The molecule has 1 aliphatic heterocycles. The lowest BCUT2D eigenvalue weighted by atomic mass is 9.90. The van der Waals surface area contributed by atoms with Crippen molar-refractivity contribution in [3.8, 4) is 0 Å². The van der Waals surface area contributed by atoms with Gasteiger partial charge in [-0.3, -0.25) is 4.79 Å². The first-order chi connectivity index (χ1) is 13.2. The Bertz CT molecular complexity index is 678. The van der Waals surface area contributed by atoms with Gasteiger partial charge >= 0.3 is 5.97 Å². The number of ether oxygens (including phenoxy) is 1. The highest BCUT2D eigenvalue weighted by Crippen LogP contribution is 2.32. The molecular weight excluding hydrogens is 340 g/mol. The summed E-state index contributed by atoms with van der Waals surface area (Å²) in [4.78, 5) is 27.4. The zero-order valence-electron chi connectivity index (χ0n) is 16.2. The van der Waals surface area contributed by atoms with Crippen LogP contribution in [0.25, 0.3) is 0 Å². The third-order valence-corrected chi connectivity index (χ3v) is 5.57. The summed E-state index contributed by atoms with van der Waals surface area (Å²) in [6.45, 7) is 2.22. The summed E-state index contributed by atoms with van der Waals surface area (Å²) in [5.74, 6) is -0.614. The van der Waals surface area contributed by atoms with Gasteiger partial charge in [0, 0.05) is 30.8 Å². The van der Waals surface area contributed by atoms with Crippen LogP contribution >= 0.6 is 0 Å². The van der Waals surface area contributed by atoms with Crippen LogP contribution in [0.4, 0.5) is 0 Å². The predicted molar refractivity (Wildman–Crippen MR) is 105 cm³/mol. The number of carbonyl (C=O) groups is 2. The smallest absolute Gasteiger partial charge is 0.328 e. The van der Waals surface area contributed by atoms with Crippen LogP contribution in [-0.2, 0) is 9.53 Å². The molecule has 1 aliphatic carbocycles. The Morgan fingerprint density at radius 1 is 1.04 bits per heavy atom. The molecular formula is C22H30N2O3. The molecule has 2 aliphatic rings. The number of likely N-dealkylation sites (tertiary alicyclic amines) is 1. The Morgan fingerprint density at radius 3 is 2.44 bits per heavy atom. The van der Waals surface area contributed by atoms with Gasteiger partial charge in [-0.1, -0.05) is 18.2 Å². The fourth-order valence-corrected chi connectivity index (χ4v) is 4.13. The summed E-state index contributed by atoms with van der Waals surface area (Å²) >= 11 is 0. The third-order valence-electron chi connectivity index (χ3n) is 5.57. The Balaban J connectivity index is 1.76. The lowest BCUT2D eigenvalue weighted by Gasteiger charge is -2.36. The van der Waals surface area contributed by atoms with Crippen molar-refractivity contribution in [3.63, 3.8) is 0 Å². The molecule has 0 aromatic heterocycles. The van der Waals surface area contributed by atoms with Gasteiger partial charge in [-0.2, -0.15) is 0 Å². The molecule has 0 bridgehead atoms. The van der Waals surface area contributed by atoms with Gasteiger partial charge in [-0.15, -0.1) is 0 Å². The summed E-state index contributed by atoms with van der Waals surface area (Å²) in [7, 11) is 1.38. The van der Waals surface area contributed by atoms with Gasteiger partial charge < -0.3 is 15.0 Å². The van der Waals surface area contributed by atoms with Gasteiger partial charge in [-0.05, 0) is 62.7 Å². The van der Waals surface area contributed by atoms with Crippen molar-refractivity contribution >= 4 is 11.9 Å². The summed E-state index contributed by atoms with van der Waals surface area (Å²) in [5, 5.41) is 2.89. The van der Waals surface area contributed by atoms with Crippen LogP contribution in [0.3, 0.4) is 0 Å². The van der Waals surface area contributed by atoms with Crippen LogP contribution in [0.1, 0.15) is 61.7 Å². The Labute approximate surface area is 161 Å². The number of esters is 1. The maximum absolute atomic E-state index is 12.6. The summed E-state index contributed by atoms with van der Waals surface area (Å²) in [5.41, 5.74) is 3.27. The van der Waals surface area contributed by atoms with E-state index in [-0.39, 0.29) is 11.9 Å². The number of nitrogens with one attached hydrogen (secondary N) is 1. The van der Waals surface area contributed by atoms with E-state index in [2.05, 4.69) is 10.2 Å². The third kappa shape index (κ3) is 5.12. The molecule has 1 amide bonds. The standard InChI is InChI=1S/C22H30N2O3/c1-27-22(26)19(23-21(25)17-10-4-2-5-11-17)16-18-12-6-7-13-20(18)24-14-8-3-9-15-24/h2,4-5,10-11,19H,3,6-9,12-16H2,1H3,(H,23,25)/t19-/m0/s1. The number of hydrogen-bond acceptors (Lipinski definition) is 4. The molecule has 27 heavy (non-hydrogen) atoms. The van der Waals surface area contributed by atoms with E-state index in [0.29, 0.717) is 12.0 Å². The lowest BCUT2D eigenvalue weighted by molar-refractivity contribution is -0.142. The van der Waals surface area contributed by atoms with E-state index < -0.39 is 6.04 Å². The van der Waals surface area contributed by atoms with Crippen LogP contribution in [0, 0.1) is 0 Å². The van der Waals surface area contributed by atoms with E-state index in [1.807, 2.05) is 18.2 Å². The van der Waals surface area contributed by atoms with Crippen LogP contribution < -0.4 is 5.32 Å². The summed E-state index contributed by atoms with van der Waals surface area (Å²) in [6, 6.07) is 8.37. The van der Waals surface area contributed by atoms with E-state index in [0.717, 1.165) is 32.4 Å². The Kier molecular flexibility index (Phi) is 6.91. The Morgan fingerprint density at radius 2 is 1.74 bits per heavy atom. The van der Waals surface area contributed by atoms with Crippen LogP contribution in [0.15, 0.2) is 41.6 Å². The van der Waals surface area contributed by atoms with Crippen LogP contribution in [-0.4, -0.2) is 43.0 Å². The molecule has 3 rings (SSSR count). The first kappa shape index (κ1) is 19.5. The maximum atomic E-state index is 12.6. The fraction of sp³-hybridized carbons (Fsp3) is 0.545. The molecule has 1 heterocycles. The Hall–Kier alpha value is -2.30. The molecule has 1 fully saturated rings. The molecule has 0 saturated carbocycles. The molecule has 1 aromatic rings. The van der Waals surface area contributed by atoms with Crippen molar-refractivity contribution in [3.05, 3.63) is 47.2 Å². The number of rotatable bonds is 6. The highest BCUT2D eigenvalue weighted by Gasteiger charge is 2.27. The lowest BCUT2D eigenvalue weighted by Crippen LogP contribution is -2.42.